The highest BCUT2D eigenvalue weighted by Gasteiger charge is 2.57. The highest BCUT2D eigenvalue weighted by molar-refractivity contribution is 8.02. The molecule has 0 radical (unpaired) electrons. The van der Waals surface area contributed by atoms with Gasteiger partial charge in [-0.05, 0) is 35.9 Å². The molecule has 1 aromatic heterocycles. The van der Waals surface area contributed by atoms with Crippen molar-refractivity contribution in [1.82, 2.24) is 9.97 Å². The Hall–Kier alpha value is -3.58. The Bertz CT molecular complexity index is 1270. The van der Waals surface area contributed by atoms with Gasteiger partial charge in [-0.15, -0.1) is 0 Å². The van der Waals surface area contributed by atoms with Crippen molar-refractivity contribution in [2.75, 3.05) is 29.3 Å². The first-order valence-electron chi connectivity index (χ1n) is 10.2. The van der Waals surface area contributed by atoms with Gasteiger partial charge in [0, 0.05) is 43.8 Å². The molecule has 0 spiro atoms. The van der Waals surface area contributed by atoms with Gasteiger partial charge < -0.3 is 9.47 Å². The molecule has 0 amide bonds. The van der Waals surface area contributed by atoms with E-state index in [0.717, 1.165) is 16.9 Å². The number of ether oxygens (including phenoxy) is 2. The Morgan fingerprint density at radius 1 is 1.21 bits per heavy atom. The largest absolute Gasteiger partial charge is 0.467 e. The minimum absolute atomic E-state index is 0.0578. The Morgan fingerprint density at radius 2 is 2.03 bits per heavy atom. The molecule has 1 saturated carbocycles. The number of alkyl halides is 2. The molecule has 3 aromatic rings. The minimum atomic E-state index is -2.56. The Labute approximate surface area is 193 Å². The number of nitriles is 1. The Kier molecular flexibility index (Phi) is 5.21. The van der Waals surface area contributed by atoms with Gasteiger partial charge in [0.05, 0.1) is 42.3 Å². The van der Waals surface area contributed by atoms with E-state index in [9.17, 15) is 14.0 Å². The van der Waals surface area contributed by atoms with Crippen molar-refractivity contribution in [3.05, 3.63) is 54.2 Å². The van der Waals surface area contributed by atoms with Crippen LogP contribution in [-0.2, 0) is 0 Å². The van der Waals surface area contributed by atoms with Crippen LogP contribution in [0, 0.1) is 17.2 Å². The van der Waals surface area contributed by atoms with Crippen LogP contribution in [0.3, 0.4) is 0 Å². The molecule has 0 N–H and O–H groups in total. The van der Waals surface area contributed by atoms with Gasteiger partial charge in [0.15, 0.2) is 0 Å². The monoisotopic (exact) mass is 467 g/mol. The molecule has 7 nitrogen and oxygen atoms in total. The van der Waals surface area contributed by atoms with Crippen LogP contribution in [0.15, 0.2) is 48.7 Å². The predicted molar refractivity (Wildman–Crippen MR) is 122 cm³/mol. The molecule has 10 heteroatoms. The highest BCUT2D eigenvalue weighted by atomic mass is 32.2. The molecule has 1 fully saturated rings. The van der Waals surface area contributed by atoms with Gasteiger partial charge in [0.25, 0.3) is 5.92 Å². The summed E-state index contributed by atoms with van der Waals surface area (Å²) < 4.78 is 41.6. The van der Waals surface area contributed by atoms with Gasteiger partial charge in [0.2, 0.25) is 5.88 Å². The van der Waals surface area contributed by atoms with Gasteiger partial charge in [0.1, 0.15) is 5.75 Å². The third-order valence-electron chi connectivity index (χ3n) is 5.58. The minimum Gasteiger partial charge on any atom is -0.467 e. The zero-order chi connectivity index (χ0) is 23.2. The number of benzene rings is 2. The van der Waals surface area contributed by atoms with Gasteiger partial charge in [-0.1, -0.05) is 6.07 Å². The smallest absolute Gasteiger partial charge is 0.319 e. The van der Waals surface area contributed by atoms with Crippen molar-refractivity contribution in [2.24, 2.45) is 5.92 Å². The van der Waals surface area contributed by atoms with E-state index >= 15 is 0 Å². The van der Waals surface area contributed by atoms with E-state index in [0.29, 0.717) is 29.3 Å². The average molecular weight is 468 g/mol. The number of hydrogen-bond acceptors (Lipinski definition) is 8. The summed E-state index contributed by atoms with van der Waals surface area (Å²) in [5, 5.41) is 9.65. The first-order chi connectivity index (χ1) is 15.9. The van der Waals surface area contributed by atoms with E-state index in [-0.39, 0.29) is 12.4 Å². The fourth-order valence-corrected chi connectivity index (χ4v) is 4.73. The number of rotatable bonds is 6. The van der Waals surface area contributed by atoms with E-state index in [1.54, 1.807) is 24.3 Å². The summed E-state index contributed by atoms with van der Waals surface area (Å²) in [6.07, 6.45) is 1.47. The van der Waals surface area contributed by atoms with Crippen LogP contribution < -0.4 is 18.1 Å². The van der Waals surface area contributed by atoms with Crippen molar-refractivity contribution < 1.29 is 18.3 Å². The van der Waals surface area contributed by atoms with Crippen molar-refractivity contribution in [3.63, 3.8) is 0 Å². The number of nitrogens with zero attached hydrogens (tertiary/aromatic N) is 5. The van der Waals surface area contributed by atoms with Crippen molar-refractivity contribution in [1.29, 1.82) is 5.26 Å². The van der Waals surface area contributed by atoms with Crippen LogP contribution in [0.4, 0.5) is 20.2 Å². The molecule has 33 heavy (non-hydrogen) atoms. The van der Waals surface area contributed by atoms with Crippen LogP contribution >= 0.6 is 12.1 Å². The van der Waals surface area contributed by atoms with E-state index in [1.807, 2.05) is 33.9 Å². The molecule has 0 saturated heterocycles. The van der Waals surface area contributed by atoms with Crippen molar-refractivity contribution in [3.8, 4) is 34.8 Å². The number of hydrogen-bond donors (Lipinski definition) is 0. The number of methoxy groups -OCH3 is 1. The number of fused-ring (bicyclic) bond motifs is 1. The topological polar surface area (TPSA) is 74.5 Å². The maximum atomic E-state index is 13.4. The van der Waals surface area contributed by atoms with Gasteiger partial charge in [-0.3, -0.25) is 8.61 Å². The van der Waals surface area contributed by atoms with Crippen LogP contribution in [0.25, 0.3) is 11.1 Å². The van der Waals surface area contributed by atoms with Crippen molar-refractivity contribution in [2.45, 2.75) is 12.3 Å². The molecule has 2 aliphatic rings. The molecule has 5 rings (SSSR count). The summed E-state index contributed by atoms with van der Waals surface area (Å²) in [6.45, 7) is 0.295. The van der Waals surface area contributed by atoms with Crippen molar-refractivity contribution >= 4 is 23.5 Å². The van der Waals surface area contributed by atoms with Gasteiger partial charge >= 0.3 is 6.01 Å². The van der Waals surface area contributed by atoms with E-state index in [2.05, 4.69) is 16.0 Å². The average Bonchev–Trinajstić information content (AvgIpc) is 3.30. The molecule has 0 bridgehead atoms. The molecule has 2 aromatic carbocycles. The molecular weight excluding hydrogens is 448 g/mol. The summed E-state index contributed by atoms with van der Waals surface area (Å²) in [6, 6.07) is 14.9. The summed E-state index contributed by atoms with van der Waals surface area (Å²) >= 11 is 1.40. The third-order valence-corrected chi connectivity index (χ3v) is 6.57. The normalized spacial score (nSPS) is 18.0. The molecule has 1 aliphatic heterocycles. The van der Waals surface area contributed by atoms with E-state index < -0.39 is 11.8 Å². The van der Waals surface area contributed by atoms with E-state index in [4.69, 9.17) is 9.47 Å². The molecule has 1 unspecified atom stereocenters. The molecule has 168 valence electrons. The lowest BCUT2D eigenvalue weighted by Crippen LogP contribution is -2.18. The maximum absolute atomic E-state index is 13.4. The molecular formula is C23H19F2N5O2S. The second kappa shape index (κ2) is 8.08. The van der Waals surface area contributed by atoms with Crippen LogP contribution in [-0.4, -0.2) is 36.6 Å². The zero-order valence-corrected chi connectivity index (χ0v) is 18.6. The molecule has 1 atom stereocenters. The van der Waals surface area contributed by atoms with Gasteiger partial charge in [-0.25, -0.2) is 13.8 Å². The highest BCUT2D eigenvalue weighted by Crippen LogP contribution is 2.53. The molecule has 1 aliphatic carbocycles. The van der Waals surface area contributed by atoms with Crippen LogP contribution in [0.5, 0.6) is 17.6 Å². The standard InChI is InChI=1S/C23H19F2N5O2S/c1-29-20-9-14(4-6-19(20)30(33-29)13-16-11-23(16,24)25)18-10-17(5-3-15(18)12-26)32-21-7-8-27-22(28-21)31-2/h3-10,16H,11,13H2,1-2H3. The third kappa shape index (κ3) is 4.12. The number of anilines is 2. The Morgan fingerprint density at radius 3 is 2.76 bits per heavy atom. The second-order valence-corrected chi connectivity index (χ2v) is 8.96. The quantitative estimate of drug-likeness (QED) is 0.453. The van der Waals surface area contributed by atoms with Gasteiger partial charge in [-0.2, -0.15) is 10.2 Å². The first kappa shape index (κ1) is 21.3. The zero-order valence-electron chi connectivity index (χ0n) is 17.8. The fraction of sp³-hybridized carbons (Fsp3) is 0.261. The lowest BCUT2D eigenvalue weighted by molar-refractivity contribution is 0.101. The first-order valence-corrected chi connectivity index (χ1v) is 10.9. The predicted octanol–water partition coefficient (Wildman–Crippen LogP) is 5.29. The SMILES string of the molecule is COc1nccc(Oc2ccc(C#N)c(-c3ccc4c(c3)N(C)SN4CC3CC3(F)F)c2)n1. The summed E-state index contributed by atoms with van der Waals surface area (Å²) in [7, 11) is 3.37. The second-order valence-electron chi connectivity index (χ2n) is 7.81. The lowest BCUT2D eigenvalue weighted by atomic mass is 9.99. The molecule has 2 heterocycles. The summed E-state index contributed by atoms with van der Waals surface area (Å²) in [5.74, 6) is -2.35. The Balaban J connectivity index is 1.44. The number of halogens is 2. The van der Waals surface area contributed by atoms with Crippen LogP contribution in [0.2, 0.25) is 0 Å². The fourth-order valence-electron chi connectivity index (χ4n) is 3.71. The summed E-state index contributed by atoms with van der Waals surface area (Å²) in [4.78, 5) is 8.11. The lowest BCUT2D eigenvalue weighted by Gasteiger charge is -2.16. The summed E-state index contributed by atoms with van der Waals surface area (Å²) in [5.41, 5.74) is 3.79. The van der Waals surface area contributed by atoms with E-state index in [1.165, 1.54) is 25.4 Å². The number of aromatic nitrogens is 2. The maximum Gasteiger partial charge on any atom is 0.319 e. The van der Waals surface area contributed by atoms with Crippen LogP contribution in [0.1, 0.15) is 12.0 Å².